The first-order chi connectivity index (χ1) is 10.2. The van der Waals surface area contributed by atoms with Crippen molar-refractivity contribution >= 4 is 5.91 Å². The number of amides is 1. The summed E-state index contributed by atoms with van der Waals surface area (Å²) in [6.45, 7) is 6.22. The van der Waals surface area contributed by atoms with Gasteiger partial charge in [-0.05, 0) is 38.3 Å². The molecular formula is C15H26N4O2. The molecule has 6 heteroatoms. The van der Waals surface area contributed by atoms with Gasteiger partial charge in [0.2, 0.25) is 11.8 Å². The van der Waals surface area contributed by atoms with E-state index >= 15 is 0 Å². The van der Waals surface area contributed by atoms with Gasteiger partial charge in [0.1, 0.15) is 0 Å². The molecule has 0 aliphatic carbocycles. The quantitative estimate of drug-likeness (QED) is 0.796. The lowest BCUT2D eigenvalue weighted by atomic mass is 9.95. The highest BCUT2D eigenvalue weighted by atomic mass is 16.5. The summed E-state index contributed by atoms with van der Waals surface area (Å²) in [5.41, 5.74) is 0. The van der Waals surface area contributed by atoms with E-state index in [9.17, 15) is 4.79 Å². The number of carbonyl (C=O) groups excluding carboxylic acids is 1. The number of nitrogens with zero attached hydrogens (tertiary/aromatic N) is 2. The smallest absolute Gasteiger partial charge is 0.226 e. The molecule has 1 fully saturated rings. The van der Waals surface area contributed by atoms with Crippen LogP contribution in [0.15, 0.2) is 4.52 Å². The number of rotatable bonds is 7. The van der Waals surface area contributed by atoms with Crippen LogP contribution in [0, 0.1) is 5.92 Å². The van der Waals surface area contributed by atoms with Crippen LogP contribution in [0.25, 0.3) is 0 Å². The van der Waals surface area contributed by atoms with E-state index in [1.807, 2.05) is 0 Å². The minimum atomic E-state index is 0.127. The highest BCUT2D eigenvalue weighted by Gasteiger charge is 2.22. The van der Waals surface area contributed by atoms with Crippen molar-refractivity contribution in [2.75, 3.05) is 13.1 Å². The van der Waals surface area contributed by atoms with Gasteiger partial charge < -0.3 is 15.2 Å². The van der Waals surface area contributed by atoms with Crippen LogP contribution in [0.1, 0.15) is 51.2 Å². The zero-order chi connectivity index (χ0) is 15.1. The fraction of sp³-hybridized carbons (Fsp3) is 0.800. The van der Waals surface area contributed by atoms with Gasteiger partial charge in [-0.3, -0.25) is 4.79 Å². The summed E-state index contributed by atoms with van der Waals surface area (Å²) >= 11 is 0. The minimum Gasteiger partial charge on any atom is -0.353 e. The van der Waals surface area contributed by atoms with Crippen molar-refractivity contribution < 1.29 is 9.32 Å². The lowest BCUT2D eigenvalue weighted by molar-refractivity contribution is -0.122. The molecule has 21 heavy (non-hydrogen) atoms. The molecule has 2 heterocycles. The normalized spacial score (nSPS) is 22.2. The van der Waals surface area contributed by atoms with Crippen LogP contribution in [0.3, 0.4) is 0 Å². The van der Waals surface area contributed by atoms with Crippen LogP contribution in [0.4, 0.5) is 0 Å². The highest BCUT2D eigenvalue weighted by Crippen LogP contribution is 2.11. The van der Waals surface area contributed by atoms with Gasteiger partial charge in [0.05, 0.1) is 0 Å². The molecule has 2 atom stereocenters. The lowest BCUT2D eigenvalue weighted by Gasteiger charge is -2.30. The molecule has 118 valence electrons. The van der Waals surface area contributed by atoms with Crippen LogP contribution in [-0.4, -0.2) is 35.2 Å². The molecule has 1 amide bonds. The zero-order valence-corrected chi connectivity index (χ0v) is 13.0. The molecule has 1 aromatic heterocycles. The molecule has 1 saturated heterocycles. The van der Waals surface area contributed by atoms with Gasteiger partial charge in [0.25, 0.3) is 0 Å². The molecule has 0 spiro atoms. The summed E-state index contributed by atoms with van der Waals surface area (Å²) in [6.07, 6.45) is 4.80. The lowest BCUT2D eigenvalue weighted by Crippen LogP contribution is -2.48. The van der Waals surface area contributed by atoms with Crippen LogP contribution in [-0.2, 0) is 17.6 Å². The standard InChI is InChI=1S/C15H26N4O2/c1-3-5-13-18-15(21-19-13)7-4-6-14(20)17-12-8-9-16-10-11(12)2/h11-12,16H,3-10H2,1-2H3,(H,17,20). The maximum Gasteiger partial charge on any atom is 0.226 e. The Morgan fingerprint density at radius 3 is 3.10 bits per heavy atom. The van der Waals surface area contributed by atoms with E-state index in [0.717, 1.165) is 44.6 Å². The maximum absolute atomic E-state index is 12.0. The zero-order valence-electron chi connectivity index (χ0n) is 13.0. The molecular weight excluding hydrogens is 268 g/mol. The third-order valence-corrected chi connectivity index (χ3v) is 3.91. The van der Waals surface area contributed by atoms with Gasteiger partial charge in [0.15, 0.2) is 5.82 Å². The summed E-state index contributed by atoms with van der Waals surface area (Å²) in [4.78, 5) is 16.3. The van der Waals surface area contributed by atoms with Crippen molar-refractivity contribution in [3.63, 3.8) is 0 Å². The number of aryl methyl sites for hydroxylation is 2. The Morgan fingerprint density at radius 2 is 2.33 bits per heavy atom. The predicted octanol–water partition coefficient (Wildman–Crippen LogP) is 1.46. The van der Waals surface area contributed by atoms with Crippen molar-refractivity contribution in [1.29, 1.82) is 0 Å². The van der Waals surface area contributed by atoms with Gasteiger partial charge in [-0.1, -0.05) is 19.0 Å². The van der Waals surface area contributed by atoms with E-state index in [1.165, 1.54) is 0 Å². The van der Waals surface area contributed by atoms with Crippen molar-refractivity contribution in [3.05, 3.63) is 11.7 Å². The van der Waals surface area contributed by atoms with Crippen LogP contribution in [0.5, 0.6) is 0 Å². The summed E-state index contributed by atoms with van der Waals surface area (Å²) in [5, 5.41) is 10.4. The second-order valence-electron chi connectivity index (χ2n) is 5.85. The highest BCUT2D eigenvalue weighted by molar-refractivity contribution is 5.76. The van der Waals surface area contributed by atoms with Crippen LogP contribution < -0.4 is 10.6 Å². The predicted molar refractivity (Wildman–Crippen MR) is 79.8 cm³/mol. The number of nitrogens with one attached hydrogen (secondary N) is 2. The molecule has 0 radical (unpaired) electrons. The Balaban J connectivity index is 1.66. The van der Waals surface area contributed by atoms with Crippen molar-refractivity contribution in [2.45, 2.75) is 58.4 Å². The van der Waals surface area contributed by atoms with Gasteiger partial charge in [0, 0.05) is 25.3 Å². The molecule has 1 aliphatic rings. The first-order valence-corrected chi connectivity index (χ1v) is 8.00. The average molecular weight is 294 g/mol. The van der Waals surface area contributed by atoms with E-state index in [2.05, 4.69) is 34.6 Å². The number of hydrogen-bond donors (Lipinski definition) is 2. The Bertz CT molecular complexity index is 447. The summed E-state index contributed by atoms with van der Waals surface area (Å²) < 4.78 is 5.16. The Kier molecular flexibility index (Phi) is 6.17. The molecule has 2 N–H and O–H groups in total. The number of aromatic nitrogens is 2. The summed E-state index contributed by atoms with van der Waals surface area (Å²) in [5.74, 6) is 2.03. The molecule has 0 bridgehead atoms. The van der Waals surface area contributed by atoms with Crippen molar-refractivity contribution in [2.24, 2.45) is 5.92 Å². The average Bonchev–Trinajstić information content (AvgIpc) is 2.89. The van der Waals surface area contributed by atoms with E-state index in [1.54, 1.807) is 0 Å². The molecule has 1 aliphatic heterocycles. The van der Waals surface area contributed by atoms with E-state index < -0.39 is 0 Å². The fourth-order valence-corrected chi connectivity index (χ4v) is 2.62. The number of hydrogen-bond acceptors (Lipinski definition) is 5. The van der Waals surface area contributed by atoms with Gasteiger partial charge in [-0.15, -0.1) is 0 Å². The molecule has 0 aromatic carbocycles. The second-order valence-corrected chi connectivity index (χ2v) is 5.85. The summed E-state index contributed by atoms with van der Waals surface area (Å²) in [6, 6.07) is 0.304. The minimum absolute atomic E-state index is 0.127. The van der Waals surface area contributed by atoms with E-state index in [0.29, 0.717) is 30.7 Å². The third-order valence-electron chi connectivity index (χ3n) is 3.91. The molecule has 2 unspecified atom stereocenters. The van der Waals surface area contributed by atoms with Crippen molar-refractivity contribution in [3.8, 4) is 0 Å². The molecule has 6 nitrogen and oxygen atoms in total. The fourth-order valence-electron chi connectivity index (χ4n) is 2.62. The molecule has 1 aromatic rings. The molecule has 2 rings (SSSR count). The number of carbonyl (C=O) groups is 1. The van der Waals surface area contributed by atoms with E-state index in [-0.39, 0.29) is 5.91 Å². The second kappa shape index (κ2) is 8.12. The third kappa shape index (κ3) is 5.12. The summed E-state index contributed by atoms with van der Waals surface area (Å²) in [7, 11) is 0. The molecule has 0 saturated carbocycles. The van der Waals surface area contributed by atoms with Gasteiger partial charge in [-0.2, -0.15) is 4.98 Å². The Hall–Kier alpha value is -1.43. The SMILES string of the molecule is CCCc1noc(CCCC(=O)NC2CCNCC2C)n1. The van der Waals surface area contributed by atoms with Gasteiger partial charge >= 0.3 is 0 Å². The number of piperidine rings is 1. The van der Waals surface area contributed by atoms with Crippen LogP contribution in [0.2, 0.25) is 0 Å². The van der Waals surface area contributed by atoms with Crippen molar-refractivity contribution in [1.82, 2.24) is 20.8 Å². The van der Waals surface area contributed by atoms with Crippen LogP contribution >= 0.6 is 0 Å². The Morgan fingerprint density at radius 1 is 1.48 bits per heavy atom. The topological polar surface area (TPSA) is 80.0 Å². The van der Waals surface area contributed by atoms with E-state index in [4.69, 9.17) is 4.52 Å². The largest absolute Gasteiger partial charge is 0.353 e. The monoisotopic (exact) mass is 294 g/mol. The van der Waals surface area contributed by atoms with Gasteiger partial charge in [-0.25, -0.2) is 0 Å². The Labute approximate surface area is 126 Å². The first kappa shape index (κ1) is 15.9. The maximum atomic E-state index is 12.0. The first-order valence-electron chi connectivity index (χ1n) is 8.00.